The highest BCUT2D eigenvalue weighted by Gasteiger charge is 2.08. The van der Waals surface area contributed by atoms with E-state index in [0.717, 1.165) is 19.8 Å². The van der Waals surface area contributed by atoms with Crippen LogP contribution in [0, 0.1) is 0 Å². The number of aliphatic hydroxyl groups excluding tert-OH is 1. The van der Waals surface area contributed by atoms with Crippen molar-refractivity contribution in [3.8, 4) is 0 Å². The molecule has 0 aromatic rings. The van der Waals surface area contributed by atoms with Gasteiger partial charge in [-0.15, -0.1) is 0 Å². The largest absolute Gasteiger partial charge is 0.481 e. The number of carboxylic acids is 3. The summed E-state index contributed by atoms with van der Waals surface area (Å²) in [7, 11) is 1.00. The van der Waals surface area contributed by atoms with Crippen LogP contribution in [0.3, 0.4) is 0 Å². The van der Waals surface area contributed by atoms with Gasteiger partial charge in [0.1, 0.15) is 12.1 Å². The lowest BCUT2D eigenvalue weighted by Gasteiger charge is -2.02. The third-order valence-electron chi connectivity index (χ3n) is 1.34. The van der Waals surface area contributed by atoms with Gasteiger partial charge in [-0.25, -0.2) is 0 Å². The summed E-state index contributed by atoms with van der Waals surface area (Å²) >= 11 is 1.60. The minimum absolute atomic E-state index is 0.552. The molecule has 0 unspecified atom stereocenters. The number of hydrogen-bond acceptors (Lipinski definition) is 7. The maximum Gasteiger partial charge on any atom is 0.320 e. The lowest BCUT2D eigenvalue weighted by molar-refractivity contribution is -0.139. The zero-order valence-electron chi connectivity index (χ0n) is 12.6. The van der Waals surface area contributed by atoms with Gasteiger partial charge >= 0.3 is 11.9 Å². The van der Waals surface area contributed by atoms with Gasteiger partial charge in [0.15, 0.2) is 0 Å². The third kappa shape index (κ3) is 45.6. The fraction of sp³-hybridized carbons (Fsp3) is 0.727. The Morgan fingerprint density at radius 1 is 1.05 bits per heavy atom. The predicted molar refractivity (Wildman–Crippen MR) is 81.3 cm³/mol. The summed E-state index contributed by atoms with van der Waals surface area (Å²) in [6.45, 7) is 2.50. The molecule has 0 saturated carbocycles. The summed E-state index contributed by atoms with van der Waals surface area (Å²) < 4.78 is 0. The van der Waals surface area contributed by atoms with Crippen LogP contribution in [0.4, 0.5) is 0 Å². The summed E-state index contributed by atoms with van der Waals surface area (Å²) in [5.74, 6) is -1.90. The first kappa shape index (κ1) is 27.9. The van der Waals surface area contributed by atoms with Crippen molar-refractivity contribution in [1.29, 1.82) is 0 Å². The normalized spacial score (nSPS) is 11.0. The number of aliphatic hydroxyl groups is 1. The van der Waals surface area contributed by atoms with Crippen LogP contribution >= 0.6 is 11.8 Å². The average Bonchev–Trinajstić information content (AvgIpc) is 2.38. The Bertz CT molecular complexity index is 271. The van der Waals surface area contributed by atoms with Gasteiger partial charge in [-0.3, -0.25) is 14.4 Å². The average molecular weight is 330 g/mol. The molecule has 0 bridgehead atoms. The Morgan fingerprint density at radius 3 is 1.48 bits per heavy atom. The molecule has 0 aromatic heterocycles. The summed E-state index contributed by atoms with van der Waals surface area (Å²) in [6, 6.07) is -1.41. The lowest BCUT2D eigenvalue weighted by Crippen LogP contribution is -2.30. The Labute approximate surface area is 128 Å². The molecular formula is C11H26N2O7S. The molecular weight excluding hydrogens is 304 g/mol. The molecule has 0 saturated heterocycles. The molecule has 0 aliphatic heterocycles. The second kappa shape index (κ2) is 20.9. The zero-order chi connectivity index (χ0) is 18.0. The molecule has 10 heteroatoms. The molecule has 0 aromatic carbocycles. The van der Waals surface area contributed by atoms with E-state index in [1.165, 1.54) is 6.92 Å². The van der Waals surface area contributed by atoms with Crippen molar-refractivity contribution in [2.75, 3.05) is 19.1 Å². The summed E-state index contributed by atoms with van der Waals surface area (Å²) in [5, 5.41) is 30.6. The van der Waals surface area contributed by atoms with Crippen LogP contribution in [0.15, 0.2) is 0 Å². The summed E-state index contributed by atoms with van der Waals surface area (Å²) in [4.78, 5) is 28.6. The monoisotopic (exact) mass is 330 g/mol. The number of hydrogen-bond donors (Lipinski definition) is 6. The molecule has 0 aliphatic carbocycles. The van der Waals surface area contributed by atoms with Gasteiger partial charge in [-0.2, -0.15) is 11.8 Å². The quantitative estimate of drug-likeness (QED) is 0.375. The third-order valence-corrected chi connectivity index (χ3v) is 1.98. The first-order chi connectivity index (χ1) is 9.56. The molecule has 0 spiro atoms. The van der Waals surface area contributed by atoms with Crippen LogP contribution in [0.1, 0.15) is 20.3 Å². The number of carbonyl (C=O) groups is 3. The fourth-order valence-electron chi connectivity index (χ4n) is 0.368. The summed E-state index contributed by atoms with van der Waals surface area (Å²) in [6.07, 6.45) is 2.48. The minimum Gasteiger partial charge on any atom is -0.481 e. The van der Waals surface area contributed by atoms with Crippen molar-refractivity contribution < 1.29 is 34.8 Å². The molecule has 8 N–H and O–H groups in total. The Morgan fingerprint density at radius 2 is 1.33 bits per heavy atom. The number of carboxylic acid groups (broad SMARTS) is 3. The Balaban J connectivity index is -0.000000104. The molecule has 0 radical (unpaired) electrons. The van der Waals surface area contributed by atoms with Crippen LogP contribution < -0.4 is 11.5 Å². The number of nitrogens with two attached hydrogens (primary N) is 2. The van der Waals surface area contributed by atoms with E-state index in [4.69, 9.17) is 36.7 Å². The molecule has 0 amide bonds. The highest BCUT2D eigenvalue weighted by atomic mass is 32.2. The maximum absolute atomic E-state index is 10.1. The molecule has 0 fully saturated rings. The van der Waals surface area contributed by atoms with Crippen LogP contribution in [-0.4, -0.2) is 69.5 Å². The van der Waals surface area contributed by atoms with E-state index >= 15 is 0 Å². The smallest absolute Gasteiger partial charge is 0.320 e. The van der Waals surface area contributed by atoms with E-state index in [2.05, 4.69) is 0 Å². The van der Waals surface area contributed by atoms with Gasteiger partial charge < -0.3 is 31.9 Å². The zero-order valence-corrected chi connectivity index (χ0v) is 13.5. The standard InChI is InChI=1S/C5H11NO2S.C3H7NO2.C2H4O2.CH4O/c1-9-3-2-4(6)5(7)8;1-2(4)3(5)6;1-2(3)4;1-2/h4H,2-3,6H2,1H3,(H,7,8);2H,4H2,1H3,(H,5,6);1H3,(H,3,4);2H,1H3/t4-;2-;;/m00../s1. The van der Waals surface area contributed by atoms with Gasteiger partial charge in [-0.05, 0) is 25.4 Å². The van der Waals surface area contributed by atoms with Crippen molar-refractivity contribution in [2.45, 2.75) is 32.4 Å². The first-order valence-electron chi connectivity index (χ1n) is 5.66. The topological polar surface area (TPSA) is 184 Å². The van der Waals surface area contributed by atoms with Crippen LogP contribution in [-0.2, 0) is 14.4 Å². The fourth-order valence-corrected chi connectivity index (χ4v) is 0.858. The van der Waals surface area contributed by atoms with Crippen molar-refractivity contribution in [2.24, 2.45) is 11.5 Å². The molecule has 128 valence electrons. The Hall–Kier alpha value is -1.36. The first-order valence-corrected chi connectivity index (χ1v) is 7.05. The molecule has 0 rings (SSSR count). The van der Waals surface area contributed by atoms with Crippen molar-refractivity contribution in [3.63, 3.8) is 0 Å². The molecule has 21 heavy (non-hydrogen) atoms. The molecule has 2 atom stereocenters. The van der Waals surface area contributed by atoms with Gasteiger partial charge in [0.2, 0.25) is 0 Å². The van der Waals surface area contributed by atoms with E-state index in [1.54, 1.807) is 11.8 Å². The van der Waals surface area contributed by atoms with E-state index in [1.807, 2.05) is 6.26 Å². The molecule has 9 nitrogen and oxygen atoms in total. The second-order valence-corrected chi connectivity index (χ2v) is 4.36. The lowest BCUT2D eigenvalue weighted by atomic mass is 10.2. The van der Waals surface area contributed by atoms with Gasteiger partial charge in [0.05, 0.1) is 0 Å². The number of rotatable bonds is 5. The van der Waals surface area contributed by atoms with Crippen molar-refractivity contribution >= 4 is 29.7 Å². The highest BCUT2D eigenvalue weighted by Crippen LogP contribution is 1.97. The van der Waals surface area contributed by atoms with Crippen molar-refractivity contribution in [1.82, 2.24) is 0 Å². The predicted octanol–water partition coefficient (Wildman–Crippen LogP) is -0.731. The van der Waals surface area contributed by atoms with Crippen LogP contribution in [0.25, 0.3) is 0 Å². The van der Waals surface area contributed by atoms with Gasteiger partial charge in [0.25, 0.3) is 5.97 Å². The minimum atomic E-state index is -0.963. The molecule has 0 aliphatic rings. The number of thioether (sulfide) groups is 1. The van der Waals surface area contributed by atoms with Gasteiger partial charge in [0, 0.05) is 14.0 Å². The Kier molecular flexibility index (Phi) is 27.8. The van der Waals surface area contributed by atoms with E-state index < -0.39 is 30.0 Å². The van der Waals surface area contributed by atoms with Gasteiger partial charge in [-0.1, -0.05) is 0 Å². The highest BCUT2D eigenvalue weighted by molar-refractivity contribution is 7.98. The maximum atomic E-state index is 10.1. The van der Waals surface area contributed by atoms with Crippen molar-refractivity contribution in [3.05, 3.63) is 0 Å². The van der Waals surface area contributed by atoms with E-state index in [0.29, 0.717) is 6.42 Å². The number of aliphatic carboxylic acids is 3. The van der Waals surface area contributed by atoms with Crippen LogP contribution in [0.2, 0.25) is 0 Å². The SMILES string of the molecule is CC(=O)O.CO.CSCC[C@H](N)C(=O)O.C[C@H](N)C(=O)O. The summed E-state index contributed by atoms with van der Waals surface area (Å²) in [5.41, 5.74) is 10.0. The van der Waals surface area contributed by atoms with E-state index in [-0.39, 0.29) is 0 Å². The van der Waals surface area contributed by atoms with E-state index in [9.17, 15) is 9.59 Å². The molecule has 0 heterocycles. The second-order valence-electron chi connectivity index (χ2n) is 3.37. The van der Waals surface area contributed by atoms with Crippen LogP contribution in [0.5, 0.6) is 0 Å².